The van der Waals surface area contributed by atoms with Crippen LogP contribution in [0.3, 0.4) is 0 Å². The summed E-state index contributed by atoms with van der Waals surface area (Å²) < 4.78 is 33.4. The van der Waals surface area contributed by atoms with E-state index in [2.05, 4.69) is 15.7 Å². The van der Waals surface area contributed by atoms with Gasteiger partial charge in [-0.15, -0.1) is 0 Å². The van der Waals surface area contributed by atoms with E-state index in [1.807, 2.05) is 0 Å². The van der Waals surface area contributed by atoms with E-state index in [-0.39, 0.29) is 29.9 Å². The molecule has 1 atom stereocenters. The number of rotatable bonds is 4. The molecular weight excluding hydrogens is 382 g/mol. The Morgan fingerprint density at radius 2 is 2.07 bits per heavy atom. The van der Waals surface area contributed by atoms with Gasteiger partial charge < -0.3 is 15.4 Å². The van der Waals surface area contributed by atoms with Crippen molar-refractivity contribution >= 4 is 17.5 Å². The summed E-state index contributed by atoms with van der Waals surface area (Å²) in [6.45, 7) is 1.75. The number of carbonyl (C=O) groups is 2. The molecule has 148 valence electrons. The fourth-order valence-corrected chi connectivity index (χ4v) is 2.97. The van der Waals surface area contributed by atoms with Crippen LogP contribution in [-0.4, -0.2) is 28.2 Å². The lowest BCUT2D eigenvalue weighted by Gasteiger charge is -2.20. The largest absolute Gasteiger partial charge is 0.482 e. The molecule has 0 saturated heterocycles. The van der Waals surface area contributed by atoms with Gasteiger partial charge in [0.25, 0.3) is 11.8 Å². The van der Waals surface area contributed by atoms with Crippen LogP contribution >= 0.6 is 0 Å². The van der Waals surface area contributed by atoms with Crippen molar-refractivity contribution in [1.29, 1.82) is 0 Å². The molecule has 0 saturated carbocycles. The van der Waals surface area contributed by atoms with Crippen molar-refractivity contribution in [2.45, 2.75) is 13.0 Å². The van der Waals surface area contributed by atoms with Crippen LogP contribution < -0.4 is 15.4 Å². The third kappa shape index (κ3) is 3.79. The van der Waals surface area contributed by atoms with E-state index in [1.165, 1.54) is 23.0 Å². The number of benzene rings is 2. The topological polar surface area (TPSA) is 85.3 Å². The summed E-state index contributed by atoms with van der Waals surface area (Å²) in [6, 6.07) is 9.38. The van der Waals surface area contributed by atoms with Gasteiger partial charge in [-0.25, -0.2) is 13.5 Å². The van der Waals surface area contributed by atoms with Crippen molar-refractivity contribution in [2.75, 3.05) is 11.9 Å². The highest BCUT2D eigenvalue weighted by Gasteiger charge is 2.19. The van der Waals surface area contributed by atoms with Gasteiger partial charge in [-0.2, -0.15) is 5.10 Å². The minimum absolute atomic E-state index is 0.0314. The van der Waals surface area contributed by atoms with Crippen molar-refractivity contribution in [3.63, 3.8) is 0 Å². The molecule has 3 aromatic rings. The third-order valence-electron chi connectivity index (χ3n) is 4.46. The summed E-state index contributed by atoms with van der Waals surface area (Å²) in [7, 11) is 0. The van der Waals surface area contributed by atoms with Crippen LogP contribution in [0.2, 0.25) is 0 Å². The van der Waals surface area contributed by atoms with Crippen molar-refractivity contribution in [1.82, 2.24) is 15.1 Å². The molecule has 1 aliphatic heterocycles. The number of amides is 2. The highest BCUT2D eigenvalue weighted by molar-refractivity contribution is 5.95. The number of nitrogens with one attached hydrogen (secondary N) is 2. The van der Waals surface area contributed by atoms with Gasteiger partial charge in [0.05, 0.1) is 11.7 Å². The van der Waals surface area contributed by atoms with E-state index in [4.69, 9.17) is 4.74 Å². The minimum Gasteiger partial charge on any atom is -0.482 e. The first kappa shape index (κ1) is 18.6. The van der Waals surface area contributed by atoms with Crippen LogP contribution in [0, 0.1) is 11.6 Å². The van der Waals surface area contributed by atoms with Crippen molar-refractivity contribution in [3.8, 4) is 11.4 Å². The molecule has 2 amide bonds. The van der Waals surface area contributed by atoms with Gasteiger partial charge in [0, 0.05) is 12.3 Å². The molecule has 29 heavy (non-hydrogen) atoms. The van der Waals surface area contributed by atoms with Gasteiger partial charge in [0.2, 0.25) is 0 Å². The Kier molecular flexibility index (Phi) is 4.71. The number of hydrogen-bond acceptors (Lipinski definition) is 4. The zero-order valence-electron chi connectivity index (χ0n) is 15.3. The summed E-state index contributed by atoms with van der Waals surface area (Å²) in [5, 5.41) is 9.58. The molecule has 2 N–H and O–H groups in total. The first-order valence-electron chi connectivity index (χ1n) is 8.79. The summed E-state index contributed by atoms with van der Waals surface area (Å²) in [6.07, 6.45) is 1.42. The molecule has 1 aromatic heterocycles. The molecule has 1 aliphatic rings. The zero-order chi connectivity index (χ0) is 20.5. The van der Waals surface area contributed by atoms with E-state index in [1.54, 1.807) is 25.1 Å². The second-order valence-electron chi connectivity index (χ2n) is 6.53. The quantitative estimate of drug-likeness (QED) is 0.708. The average molecular weight is 398 g/mol. The lowest BCUT2D eigenvalue weighted by molar-refractivity contribution is -0.118. The van der Waals surface area contributed by atoms with Crippen molar-refractivity contribution in [2.24, 2.45) is 0 Å². The molecule has 0 spiro atoms. The molecule has 2 aromatic carbocycles. The number of anilines is 1. The van der Waals surface area contributed by atoms with Gasteiger partial charge in [-0.05, 0) is 42.8 Å². The second-order valence-corrected chi connectivity index (χ2v) is 6.53. The highest BCUT2D eigenvalue weighted by Crippen LogP contribution is 2.30. The van der Waals surface area contributed by atoms with Crippen LogP contribution in [0.25, 0.3) is 5.69 Å². The smallest absolute Gasteiger partial charge is 0.272 e. The van der Waals surface area contributed by atoms with Gasteiger partial charge >= 0.3 is 0 Å². The van der Waals surface area contributed by atoms with E-state index < -0.39 is 17.5 Å². The van der Waals surface area contributed by atoms with Crippen molar-refractivity contribution in [3.05, 3.63) is 71.6 Å². The standard InChI is InChI=1S/C20H16F2N4O3/c1-11(12-2-5-18-16(8-12)24-19(27)10-29-18)23-20(28)15-6-7-26(25-15)17-4-3-13(21)9-14(17)22/h2-9,11H,10H2,1H3,(H,23,28)(H,24,27)/t11-/m0/s1. The highest BCUT2D eigenvalue weighted by atomic mass is 19.1. The summed E-state index contributed by atoms with van der Waals surface area (Å²) >= 11 is 0. The molecule has 0 unspecified atom stereocenters. The number of ether oxygens (including phenoxy) is 1. The van der Waals surface area contributed by atoms with Crippen LogP contribution in [-0.2, 0) is 4.79 Å². The third-order valence-corrected chi connectivity index (χ3v) is 4.46. The van der Waals surface area contributed by atoms with Crippen LogP contribution in [0.5, 0.6) is 5.75 Å². The fourth-order valence-electron chi connectivity index (χ4n) is 2.97. The Morgan fingerprint density at radius 1 is 1.24 bits per heavy atom. The Morgan fingerprint density at radius 3 is 2.86 bits per heavy atom. The van der Waals surface area contributed by atoms with Crippen LogP contribution in [0.4, 0.5) is 14.5 Å². The Labute approximate surface area is 164 Å². The van der Waals surface area contributed by atoms with Gasteiger partial charge in [-0.1, -0.05) is 6.07 Å². The predicted molar refractivity (Wildman–Crippen MR) is 99.9 cm³/mol. The maximum Gasteiger partial charge on any atom is 0.272 e. The molecule has 2 heterocycles. The minimum atomic E-state index is -0.785. The van der Waals surface area contributed by atoms with Crippen LogP contribution in [0.15, 0.2) is 48.7 Å². The lowest BCUT2D eigenvalue weighted by Crippen LogP contribution is -2.28. The normalized spacial score (nSPS) is 13.8. The second kappa shape index (κ2) is 7.34. The predicted octanol–water partition coefficient (Wildman–Crippen LogP) is 2.97. The van der Waals surface area contributed by atoms with E-state index in [0.29, 0.717) is 11.4 Å². The first-order valence-corrected chi connectivity index (χ1v) is 8.79. The number of nitrogens with zero attached hydrogens (tertiary/aromatic N) is 2. The number of hydrogen-bond donors (Lipinski definition) is 2. The molecule has 7 nitrogen and oxygen atoms in total. The monoisotopic (exact) mass is 398 g/mol. The lowest BCUT2D eigenvalue weighted by atomic mass is 10.1. The number of halogens is 2. The molecule has 0 radical (unpaired) electrons. The van der Waals surface area contributed by atoms with E-state index in [9.17, 15) is 18.4 Å². The van der Waals surface area contributed by atoms with Gasteiger partial charge in [0.15, 0.2) is 18.1 Å². The summed E-state index contributed by atoms with van der Waals surface area (Å²) in [4.78, 5) is 24.0. The van der Waals surface area contributed by atoms with Crippen molar-refractivity contribution < 1.29 is 23.1 Å². The number of fused-ring (bicyclic) bond motifs is 1. The summed E-state index contributed by atoms with van der Waals surface area (Å²) in [5.41, 5.74) is 1.40. The Balaban J connectivity index is 1.49. The maximum absolute atomic E-state index is 13.9. The van der Waals surface area contributed by atoms with Gasteiger partial charge in [0.1, 0.15) is 17.3 Å². The Hall–Kier alpha value is -3.75. The molecule has 0 fully saturated rings. The average Bonchev–Trinajstić information content (AvgIpc) is 3.17. The number of aromatic nitrogens is 2. The summed E-state index contributed by atoms with van der Waals surface area (Å²) in [5.74, 6) is -1.63. The molecule has 4 rings (SSSR count). The van der Waals surface area contributed by atoms with Gasteiger partial charge in [-0.3, -0.25) is 9.59 Å². The maximum atomic E-state index is 13.9. The van der Waals surface area contributed by atoms with E-state index in [0.717, 1.165) is 17.7 Å². The zero-order valence-corrected chi connectivity index (χ0v) is 15.3. The number of carbonyl (C=O) groups excluding carboxylic acids is 2. The Bertz CT molecular complexity index is 1110. The molecule has 9 heteroatoms. The first-order chi connectivity index (χ1) is 13.9. The molecule has 0 aliphatic carbocycles. The SMILES string of the molecule is C[C@H](NC(=O)c1ccn(-c2ccc(F)cc2F)n1)c1ccc2c(c1)NC(=O)CO2. The fraction of sp³-hybridized carbons (Fsp3) is 0.150. The van der Waals surface area contributed by atoms with E-state index >= 15 is 0 Å². The van der Waals surface area contributed by atoms with Crippen LogP contribution in [0.1, 0.15) is 29.0 Å². The molecule has 0 bridgehead atoms. The molecular formula is C20H16F2N4O3.